The van der Waals surface area contributed by atoms with Crippen LogP contribution in [0.25, 0.3) is 0 Å². The number of rotatable bonds is 9. The largest absolute Gasteiger partial charge is 0.497 e. The molecule has 0 spiro atoms. The number of ether oxygens (including phenoxy) is 1. The van der Waals surface area contributed by atoms with Gasteiger partial charge in [-0.15, -0.1) is 0 Å². The Morgan fingerprint density at radius 3 is 2.39 bits per heavy atom. The molecule has 0 aliphatic carbocycles. The van der Waals surface area contributed by atoms with Gasteiger partial charge in [-0.25, -0.2) is 0 Å². The van der Waals surface area contributed by atoms with Gasteiger partial charge >= 0.3 is 0 Å². The fraction of sp³-hybridized carbons (Fsp3) is 0.391. The van der Waals surface area contributed by atoms with Crippen molar-refractivity contribution in [1.82, 2.24) is 10.2 Å². The third-order valence-corrected chi connectivity index (χ3v) is 4.83. The predicted molar refractivity (Wildman–Crippen MR) is 111 cm³/mol. The van der Waals surface area contributed by atoms with Gasteiger partial charge in [0.2, 0.25) is 11.8 Å². The van der Waals surface area contributed by atoms with Gasteiger partial charge in [-0.1, -0.05) is 43.3 Å². The van der Waals surface area contributed by atoms with Crippen molar-refractivity contribution in [2.45, 2.75) is 46.2 Å². The summed E-state index contributed by atoms with van der Waals surface area (Å²) >= 11 is 0. The molecule has 5 heteroatoms. The third-order valence-electron chi connectivity index (χ3n) is 4.83. The van der Waals surface area contributed by atoms with Gasteiger partial charge in [0, 0.05) is 13.1 Å². The fourth-order valence-corrected chi connectivity index (χ4v) is 2.97. The van der Waals surface area contributed by atoms with Crippen molar-refractivity contribution in [3.63, 3.8) is 0 Å². The number of benzene rings is 2. The molecule has 0 aliphatic heterocycles. The Morgan fingerprint density at radius 2 is 1.79 bits per heavy atom. The molecule has 2 aromatic rings. The Kier molecular flexibility index (Phi) is 8.05. The summed E-state index contributed by atoms with van der Waals surface area (Å²) in [7, 11) is 1.61. The summed E-state index contributed by atoms with van der Waals surface area (Å²) in [6, 6.07) is 14.8. The van der Waals surface area contributed by atoms with Crippen LogP contribution in [0.2, 0.25) is 0 Å². The van der Waals surface area contributed by atoms with Gasteiger partial charge in [0.15, 0.2) is 0 Å². The number of methoxy groups -OCH3 is 1. The average molecular weight is 383 g/mol. The number of nitrogens with one attached hydrogen (secondary N) is 1. The lowest BCUT2D eigenvalue weighted by molar-refractivity contribution is -0.140. The second kappa shape index (κ2) is 10.5. The SMILES string of the molecule is CCCNC(=O)[C@@H](C)N(Cc1ccccc1C)C(=O)Cc1ccc(OC)cc1. The van der Waals surface area contributed by atoms with E-state index in [1.54, 1.807) is 18.9 Å². The first kappa shape index (κ1) is 21.5. The molecule has 0 aliphatic rings. The second-order valence-electron chi connectivity index (χ2n) is 6.94. The van der Waals surface area contributed by atoms with Crippen LogP contribution < -0.4 is 10.1 Å². The Hall–Kier alpha value is -2.82. The highest BCUT2D eigenvalue weighted by Crippen LogP contribution is 2.17. The van der Waals surface area contributed by atoms with E-state index in [4.69, 9.17) is 4.74 Å². The van der Waals surface area contributed by atoms with E-state index in [2.05, 4.69) is 5.32 Å². The van der Waals surface area contributed by atoms with Crippen LogP contribution in [-0.2, 0) is 22.6 Å². The minimum atomic E-state index is -0.545. The molecule has 150 valence electrons. The molecule has 1 N–H and O–H groups in total. The van der Waals surface area contributed by atoms with Crippen molar-refractivity contribution in [2.24, 2.45) is 0 Å². The highest BCUT2D eigenvalue weighted by Gasteiger charge is 2.26. The minimum Gasteiger partial charge on any atom is -0.497 e. The summed E-state index contributed by atoms with van der Waals surface area (Å²) in [6.07, 6.45) is 1.09. The monoisotopic (exact) mass is 382 g/mol. The topological polar surface area (TPSA) is 58.6 Å². The fourth-order valence-electron chi connectivity index (χ4n) is 2.97. The van der Waals surface area contributed by atoms with Crippen LogP contribution in [0.5, 0.6) is 5.75 Å². The second-order valence-corrected chi connectivity index (χ2v) is 6.94. The van der Waals surface area contributed by atoms with Crippen LogP contribution in [-0.4, -0.2) is 36.4 Å². The zero-order valence-electron chi connectivity index (χ0n) is 17.2. The molecule has 0 unspecified atom stereocenters. The van der Waals surface area contributed by atoms with Gasteiger partial charge in [-0.2, -0.15) is 0 Å². The van der Waals surface area contributed by atoms with Crippen LogP contribution >= 0.6 is 0 Å². The van der Waals surface area contributed by atoms with E-state index in [1.807, 2.05) is 62.4 Å². The molecule has 0 radical (unpaired) electrons. The average Bonchev–Trinajstić information content (AvgIpc) is 2.71. The molecule has 2 aromatic carbocycles. The van der Waals surface area contributed by atoms with Gasteiger partial charge < -0.3 is 15.0 Å². The van der Waals surface area contributed by atoms with Gasteiger partial charge in [0.25, 0.3) is 0 Å². The van der Waals surface area contributed by atoms with E-state index in [9.17, 15) is 9.59 Å². The van der Waals surface area contributed by atoms with E-state index in [0.29, 0.717) is 13.1 Å². The molecule has 5 nitrogen and oxygen atoms in total. The summed E-state index contributed by atoms with van der Waals surface area (Å²) in [5.74, 6) is 0.548. The van der Waals surface area contributed by atoms with E-state index >= 15 is 0 Å². The van der Waals surface area contributed by atoms with Crippen LogP contribution in [0.4, 0.5) is 0 Å². The zero-order valence-corrected chi connectivity index (χ0v) is 17.2. The lowest BCUT2D eigenvalue weighted by Crippen LogP contribution is -2.48. The van der Waals surface area contributed by atoms with Crippen molar-refractivity contribution in [3.05, 3.63) is 65.2 Å². The first-order chi connectivity index (χ1) is 13.5. The van der Waals surface area contributed by atoms with Crippen LogP contribution in [0, 0.1) is 6.92 Å². The Labute approximate surface area is 167 Å². The number of aryl methyl sites for hydroxylation is 1. The summed E-state index contributed by atoms with van der Waals surface area (Å²) < 4.78 is 5.17. The number of carbonyl (C=O) groups is 2. The highest BCUT2D eigenvalue weighted by molar-refractivity contribution is 5.88. The van der Waals surface area contributed by atoms with E-state index < -0.39 is 6.04 Å². The number of hydrogen-bond donors (Lipinski definition) is 1. The van der Waals surface area contributed by atoms with Crippen molar-refractivity contribution in [2.75, 3.05) is 13.7 Å². The molecule has 28 heavy (non-hydrogen) atoms. The summed E-state index contributed by atoms with van der Waals surface area (Å²) in [5.41, 5.74) is 3.04. The highest BCUT2D eigenvalue weighted by atomic mass is 16.5. The number of amides is 2. The molecule has 1 atom stereocenters. The molecule has 0 aromatic heterocycles. The molecular formula is C23H30N2O3. The van der Waals surface area contributed by atoms with Crippen LogP contribution in [0.1, 0.15) is 37.0 Å². The number of nitrogens with zero attached hydrogens (tertiary/aromatic N) is 1. The molecule has 0 heterocycles. The Balaban J connectivity index is 2.21. The molecular weight excluding hydrogens is 352 g/mol. The smallest absolute Gasteiger partial charge is 0.242 e. The molecule has 2 rings (SSSR count). The Morgan fingerprint density at radius 1 is 1.11 bits per heavy atom. The van der Waals surface area contributed by atoms with Crippen molar-refractivity contribution in [1.29, 1.82) is 0 Å². The van der Waals surface area contributed by atoms with Crippen molar-refractivity contribution >= 4 is 11.8 Å². The Bertz CT molecular complexity index is 787. The minimum absolute atomic E-state index is 0.0763. The predicted octanol–water partition coefficient (Wildman–Crippen LogP) is 3.49. The summed E-state index contributed by atoms with van der Waals surface area (Å²) in [5, 5.41) is 2.90. The zero-order chi connectivity index (χ0) is 20.5. The number of hydrogen-bond acceptors (Lipinski definition) is 3. The molecule has 0 fully saturated rings. The van der Waals surface area contributed by atoms with Crippen molar-refractivity contribution in [3.8, 4) is 5.75 Å². The maximum absolute atomic E-state index is 13.1. The maximum atomic E-state index is 13.1. The van der Waals surface area contributed by atoms with E-state index in [1.165, 1.54) is 0 Å². The van der Waals surface area contributed by atoms with Crippen LogP contribution in [0.15, 0.2) is 48.5 Å². The van der Waals surface area contributed by atoms with Gasteiger partial charge in [-0.3, -0.25) is 9.59 Å². The summed E-state index contributed by atoms with van der Waals surface area (Å²) in [6.45, 7) is 6.82. The third kappa shape index (κ3) is 5.84. The standard InChI is InChI=1S/C23H30N2O3/c1-5-14-24-23(27)18(3)25(16-20-9-7-6-8-17(20)2)22(26)15-19-10-12-21(28-4)13-11-19/h6-13,18H,5,14-16H2,1-4H3,(H,24,27)/t18-/m1/s1. The van der Waals surface area contributed by atoms with Gasteiger partial charge in [-0.05, 0) is 49.1 Å². The quantitative estimate of drug-likeness (QED) is 0.722. The maximum Gasteiger partial charge on any atom is 0.242 e. The number of carbonyl (C=O) groups excluding carboxylic acids is 2. The molecule has 0 saturated heterocycles. The van der Waals surface area contributed by atoms with Gasteiger partial charge in [0.1, 0.15) is 11.8 Å². The van der Waals surface area contributed by atoms with E-state index in [-0.39, 0.29) is 18.2 Å². The lowest BCUT2D eigenvalue weighted by Gasteiger charge is -2.29. The summed E-state index contributed by atoms with van der Waals surface area (Å²) in [4.78, 5) is 27.3. The molecule has 2 amide bonds. The molecule has 0 bridgehead atoms. The van der Waals surface area contributed by atoms with E-state index in [0.717, 1.165) is 28.9 Å². The lowest BCUT2D eigenvalue weighted by atomic mass is 10.1. The normalized spacial score (nSPS) is 11.6. The first-order valence-corrected chi connectivity index (χ1v) is 9.70. The molecule has 0 saturated carbocycles. The van der Waals surface area contributed by atoms with Crippen molar-refractivity contribution < 1.29 is 14.3 Å². The van der Waals surface area contributed by atoms with Crippen LogP contribution in [0.3, 0.4) is 0 Å². The first-order valence-electron chi connectivity index (χ1n) is 9.70. The van der Waals surface area contributed by atoms with Gasteiger partial charge in [0.05, 0.1) is 13.5 Å².